The van der Waals surface area contributed by atoms with Crippen molar-refractivity contribution in [3.05, 3.63) is 69.2 Å². The monoisotopic (exact) mass is 339 g/mol. The Morgan fingerprint density at radius 3 is 2.50 bits per heavy atom. The van der Waals surface area contributed by atoms with Gasteiger partial charge in [-0.3, -0.25) is 0 Å². The average molecular weight is 340 g/mol. The van der Waals surface area contributed by atoms with Crippen molar-refractivity contribution in [3.8, 4) is 0 Å². The number of benzene rings is 2. The lowest BCUT2D eigenvalue weighted by Gasteiger charge is -2.21. The Labute approximate surface area is 126 Å². The summed E-state index contributed by atoms with van der Waals surface area (Å²) in [6.07, 6.45) is 0.811. The van der Waals surface area contributed by atoms with Crippen molar-refractivity contribution >= 4 is 15.9 Å². The van der Waals surface area contributed by atoms with Crippen LogP contribution in [-0.2, 0) is 6.42 Å². The zero-order valence-electron chi connectivity index (χ0n) is 11.4. The maximum atomic E-state index is 14.3. The van der Waals surface area contributed by atoms with Gasteiger partial charge in [-0.05, 0) is 52.7 Å². The third-order valence-corrected chi connectivity index (χ3v) is 4.02. The molecule has 0 aromatic heterocycles. The van der Waals surface area contributed by atoms with Crippen molar-refractivity contribution in [2.45, 2.75) is 19.4 Å². The highest BCUT2D eigenvalue weighted by Gasteiger charge is 2.23. The Bertz CT molecular complexity index is 613. The van der Waals surface area contributed by atoms with E-state index in [4.69, 9.17) is 0 Å². The normalized spacial score (nSPS) is 12.4. The smallest absolute Gasteiger partial charge is 0.145 e. The van der Waals surface area contributed by atoms with Crippen LogP contribution in [0.5, 0.6) is 0 Å². The minimum Gasteiger partial charge on any atom is -0.309 e. The molecule has 0 amide bonds. The van der Waals surface area contributed by atoms with Crippen molar-refractivity contribution in [2.75, 3.05) is 7.05 Å². The van der Waals surface area contributed by atoms with Crippen LogP contribution in [0.2, 0.25) is 0 Å². The fourth-order valence-corrected chi connectivity index (χ4v) is 2.75. The van der Waals surface area contributed by atoms with Crippen LogP contribution < -0.4 is 5.32 Å². The van der Waals surface area contributed by atoms with Crippen LogP contribution in [0, 0.1) is 11.6 Å². The predicted molar refractivity (Wildman–Crippen MR) is 80.8 cm³/mol. The van der Waals surface area contributed by atoms with Crippen LogP contribution in [0.3, 0.4) is 0 Å². The van der Waals surface area contributed by atoms with E-state index in [1.165, 1.54) is 12.1 Å². The second-order valence-electron chi connectivity index (χ2n) is 4.53. The Morgan fingerprint density at radius 1 is 1.15 bits per heavy atom. The third kappa shape index (κ3) is 2.76. The van der Waals surface area contributed by atoms with Gasteiger partial charge in [-0.25, -0.2) is 8.78 Å². The highest BCUT2D eigenvalue weighted by molar-refractivity contribution is 9.10. The molecule has 1 unspecified atom stereocenters. The molecular weight excluding hydrogens is 324 g/mol. The molecule has 0 radical (unpaired) electrons. The summed E-state index contributed by atoms with van der Waals surface area (Å²) in [6, 6.07) is 9.85. The fourth-order valence-electron chi connectivity index (χ4n) is 2.40. The molecule has 1 N–H and O–H groups in total. The van der Waals surface area contributed by atoms with E-state index in [2.05, 4.69) is 21.2 Å². The first kappa shape index (κ1) is 15.1. The van der Waals surface area contributed by atoms with Gasteiger partial charge in [0.1, 0.15) is 11.6 Å². The number of nitrogens with one attached hydrogen (secondary N) is 1. The predicted octanol–water partition coefficient (Wildman–Crippen LogP) is 4.60. The first-order valence-electron chi connectivity index (χ1n) is 6.48. The van der Waals surface area contributed by atoms with E-state index in [-0.39, 0.29) is 10.0 Å². The molecule has 2 aromatic carbocycles. The average Bonchev–Trinajstić information content (AvgIpc) is 2.47. The Morgan fingerprint density at radius 2 is 1.85 bits per heavy atom. The van der Waals surface area contributed by atoms with Gasteiger partial charge >= 0.3 is 0 Å². The van der Waals surface area contributed by atoms with Crippen LogP contribution in [0.1, 0.15) is 29.7 Å². The van der Waals surface area contributed by atoms with E-state index in [1.54, 1.807) is 7.05 Å². The summed E-state index contributed by atoms with van der Waals surface area (Å²) in [6.45, 7) is 2.03. The maximum Gasteiger partial charge on any atom is 0.145 e. The summed E-state index contributed by atoms with van der Waals surface area (Å²) in [5.41, 5.74) is 2.02. The maximum absolute atomic E-state index is 14.3. The van der Waals surface area contributed by atoms with Gasteiger partial charge in [-0.15, -0.1) is 0 Å². The van der Waals surface area contributed by atoms with Gasteiger partial charge in [-0.2, -0.15) is 0 Å². The molecule has 0 saturated carbocycles. The van der Waals surface area contributed by atoms with Crippen LogP contribution in [0.4, 0.5) is 8.78 Å². The minimum absolute atomic E-state index is 0.0442. The summed E-state index contributed by atoms with van der Waals surface area (Å²) in [4.78, 5) is 0. The zero-order chi connectivity index (χ0) is 14.7. The summed E-state index contributed by atoms with van der Waals surface area (Å²) in [5.74, 6) is -1.11. The lowest BCUT2D eigenvalue weighted by molar-refractivity contribution is 0.517. The highest BCUT2D eigenvalue weighted by Crippen LogP contribution is 2.32. The van der Waals surface area contributed by atoms with E-state index in [0.29, 0.717) is 0 Å². The number of hydrogen-bond donors (Lipinski definition) is 1. The summed E-state index contributed by atoms with van der Waals surface area (Å²) in [7, 11) is 1.71. The Kier molecular flexibility index (Phi) is 4.89. The van der Waals surface area contributed by atoms with Crippen molar-refractivity contribution in [2.24, 2.45) is 0 Å². The molecule has 2 aromatic rings. The minimum atomic E-state index is -0.560. The van der Waals surface area contributed by atoms with Gasteiger partial charge in [0.05, 0.1) is 10.5 Å². The van der Waals surface area contributed by atoms with Gasteiger partial charge in [0.2, 0.25) is 0 Å². The van der Waals surface area contributed by atoms with Gasteiger partial charge < -0.3 is 5.32 Å². The first-order valence-corrected chi connectivity index (χ1v) is 7.27. The summed E-state index contributed by atoms with van der Waals surface area (Å²) < 4.78 is 28.6. The van der Waals surface area contributed by atoms with E-state index >= 15 is 0 Å². The molecule has 20 heavy (non-hydrogen) atoms. The van der Waals surface area contributed by atoms with E-state index in [9.17, 15) is 8.78 Å². The van der Waals surface area contributed by atoms with Crippen molar-refractivity contribution in [1.29, 1.82) is 0 Å². The van der Waals surface area contributed by atoms with Crippen LogP contribution in [0.25, 0.3) is 0 Å². The largest absolute Gasteiger partial charge is 0.309 e. The highest BCUT2D eigenvalue weighted by atomic mass is 79.9. The molecule has 1 atom stereocenters. The Balaban J connectivity index is 2.62. The number of aryl methyl sites for hydroxylation is 1. The molecule has 0 fully saturated rings. The van der Waals surface area contributed by atoms with Gasteiger partial charge in [0, 0.05) is 5.56 Å². The second kappa shape index (κ2) is 6.46. The van der Waals surface area contributed by atoms with E-state index < -0.39 is 17.7 Å². The summed E-state index contributed by atoms with van der Waals surface area (Å²) >= 11 is 3.12. The second-order valence-corrected chi connectivity index (χ2v) is 5.39. The quantitative estimate of drug-likeness (QED) is 0.802. The third-order valence-electron chi connectivity index (χ3n) is 3.40. The standard InChI is InChI=1S/C16H16BrF2N/c1-3-10-6-4-5-7-11(10)16(20-2)14-13(18)9-8-12(17)15(14)19/h4-9,16,20H,3H2,1-2H3. The van der Waals surface area contributed by atoms with Gasteiger partial charge in [0.25, 0.3) is 0 Å². The number of hydrogen-bond acceptors (Lipinski definition) is 1. The van der Waals surface area contributed by atoms with Crippen LogP contribution >= 0.6 is 15.9 Å². The zero-order valence-corrected chi connectivity index (χ0v) is 13.0. The van der Waals surface area contributed by atoms with Gasteiger partial charge in [-0.1, -0.05) is 31.2 Å². The Hall–Kier alpha value is -1.26. The van der Waals surface area contributed by atoms with Crippen molar-refractivity contribution in [1.82, 2.24) is 5.32 Å². The molecule has 0 bridgehead atoms. The number of rotatable bonds is 4. The lowest BCUT2D eigenvalue weighted by Crippen LogP contribution is -2.22. The molecule has 0 heterocycles. The van der Waals surface area contributed by atoms with Crippen molar-refractivity contribution in [3.63, 3.8) is 0 Å². The van der Waals surface area contributed by atoms with Crippen molar-refractivity contribution < 1.29 is 8.78 Å². The number of halogens is 3. The molecule has 0 aliphatic rings. The van der Waals surface area contributed by atoms with Crippen LogP contribution in [0.15, 0.2) is 40.9 Å². The molecule has 0 aliphatic carbocycles. The van der Waals surface area contributed by atoms with Gasteiger partial charge in [0.15, 0.2) is 0 Å². The molecule has 2 rings (SSSR count). The van der Waals surface area contributed by atoms with E-state index in [1.807, 2.05) is 31.2 Å². The fraction of sp³-hybridized carbons (Fsp3) is 0.250. The molecular formula is C16H16BrF2N. The molecule has 4 heteroatoms. The SMILES string of the molecule is CCc1ccccc1C(NC)c1c(F)ccc(Br)c1F. The molecule has 0 aliphatic heterocycles. The summed E-state index contributed by atoms with van der Waals surface area (Å²) in [5, 5.41) is 3.02. The lowest BCUT2D eigenvalue weighted by atomic mass is 9.93. The first-order chi connectivity index (χ1) is 9.60. The van der Waals surface area contributed by atoms with E-state index in [0.717, 1.165) is 17.5 Å². The molecule has 1 nitrogen and oxygen atoms in total. The molecule has 0 spiro atoms. The van der Waals surface area contributed by atoms with Crippen LogP contribution in [-0.4, -0.2) is 7.05 Å². The molecule has 106 valence electrons. The molecule has 0 saturated heterocycles. The topological polar surface area (TPSA) is 12.0 Å².